The van der Waals surface area contributed by atoms with Crippen LogP contribution in [-0.2, 0) is 9.53 Å². The van der Waals surface area contributed by atoms with E-state index in [1.54, 1.807) is 12.1 Å². The summed E-state index contributed by atoms with van der Waals surface area (Å²) in [4.78, 5) is 12.2. The third-order valence-electron chi connectivity index (χ3n) is 4.78. The molecular weight excluding hydrogens is 254 g/mol. The van der Waals surface area contributed by atoms with Crippen LogP contribution in [0.1, 0.15) is 39.4 Å². The van der Waals surface area contributed by atoms with E-state index in [1.165, 1.54) is 12.1 Å². The number of nitriles is 1. The molecule has 0 aliphatic heterocycles. The molecule has 1 N–H and O–H groups in total. The lowest BCUT2D eigenvalue weighted by Crippen LogP contribution is -2.15. The van der Waals surface area contributed by atoms with Gasteiger partial charge in [-0.25, -0.2) is 0 Å². The van der Waals surface area contributed by atoms with E-state index in [4.69, 9.17) is 4.74 Å². The van der Waals surface area contributed by atoms with Crippen molar-refractivity contribution in [2.45, 2.75) is 33.8 Å². The van der Waals surface area contributed by atoms with Gasteiger partial charge in [-0.15, -0.1) is 0 Å². The maximum atomic E-state index is 12.2. The summed E-state index contributed by atoms with van der Waals surface area (Å²) in [5.74, 6) is -0.510. The predicted molar refractivity (Wildman–Crippen MR) is 73.6 cm³/mol. The zero-order valence-corrected chi connectivity index (χ0v) is 12.2. The fourth-order valence-electron chi connectivity index (χ4n) is 2.83. The molecule has 0 radical (unpaired) electrons. The molecule has 1 aliphatic carbocycles. The van der Waals surface area contributed by atoms with E-state index in [2.05, 4.69) is 0 Å². The van der Waals surface area contributed by atoms with Crippen molar-refractivity contribution < 1.29 is 14.6 Å². The van der Waals surface area contributed by atoms with Gasteiger partial charge in [-0.05, 0) is 23.0 Å². The van der Waals surface area contributed by atoms with Crippen molar-refractivity contribution in [1.29, 1.82) is 5.26 Å². The van der Waals surface area contributed by atoms with Crippen LogP contribution in [0, 0.1) is 28.1 Å². The maximum absolute atomic E-state index is 12.2. The molecule has 0 spiro atoms. The highest BCUT2D eigenvalue weighted by molar-refractivity contribution is 5.79. The first kappa shape index (κ1) is 14.4. The first-order valence-electron chi connectivity index (χ1n) is 6.61. The van der Waals surface area contributed by atoms with E-state index < -0.39 is 6.10 Å². The molecule has 0 amide bonds. The molecule has 0 bridgehead atoms. The minimum atomic E-state index is -0.984. The molecule has 4 heteroatoms. The minimum Gasteiger partial charge on any atom is -0.508 e. The fraction of sp³-hybridized carbons (Fsp3) is 0.500. The summed E-state index contributed by atoms with van der Waals surface area (Å²) in [6.45, 7) is 8.09. The number of ether oxygens (including phenoxy) is 1. The number of nitrogens with zero attached hydrogens (tertiary/aromatic N) is 1. The lowest BCUT2D eigenvalue weighted by molar-refractivity contribution is -0.150. The molecular formula is C16H19NO3. The first-order valence-corrected chi connectivity index (χ1v) is 6.61. The van der Waals surface area contributed by atoms with E-state index in [0.29, 0.717) is 5.56 Å². The SMILES string of the molecule is CC1(C)C(C(=O)OC(C#N)c2cccc(O)c2)C1(C)C. The number of rotatable bonds is 3. The van der Waals surface area contributed by atoms with Crippen LogP contribution < -0.4 is 0 Å². The summed E-state index contributed by atoms with van der Waals surface area (Å²) in [7, 11) is 0. The van der Waals surface area contributed by atoms with Gasteiger partial charge in [0.05, 0.1) is 5.92 Å². The molecule has 4 nitrogen and oxygen atoms in total. The molecule has 1 fully saturated rings. The normalized spacial score (nSPS) is 20.8. The quantitative estimate of drug-likeness (QED) is 0.859. The van der Waals surface area contributed by atoms with Gasteiger partial charge in [0.25, 0.3) is 0 Å². The molecule has 106 valence electrons. The molecule has 20 heavy (non-hydrogen) atoms. The molecule has 1 atom stereocenters. The van der Waals surface area contributed by atoms with Crippen LogP contribution in [0.15, 0.2) is 24.3 Å². The number of hydrogen-bond acceptors (Lipinski definition) is 4. The summed E-state index contributed by atoms with van der Waals surface area (Å²) >= 11 is 0. The number of phenolic OH excluding ortho intramolecular Hbond substituents is 1. The van der Waals surface area contributed by atoms with Crippen molar-refractivity contribution in [1.82, 2.24) is 0 Å². The highest BCUT2D eigenvalue weighted by Gasteiger charge is 2.69. The van der Waals surface area contributed by atoms with Crippen molar-refractivity contribution in [3.63, 3.8) is 0 Å². The number of carbonyl (C=O) groups excluding carboxylic acids is 1. The fourth-order valence-corrected chi connectivity index (χ4v) is 2.83. The lowest BCUT2D eigenvalue weighted by Gasteiger charge is -2.12. The minimum absolute atomic E-state index is 0.0471. The Bertz CT molecular complexity index is 570. The number of hydrogen-bond donors (Lipinski definition) is 1. The van der Waals surface area contributed by atoms with E-state index >= 15 is 0 Å². The number of esters is 1. The van der Waals surface area contributed by atoms with Gasteiger partial charge in [0.15, 0.2) is 0 Å². The van der Waals surface area contributed by atoms with Gasteiger partial charge in [-0.2, -0.15) is 5.26 Å². The second-order valence-electron chi connectivity index (χ2n) is 6.42. The van der Waals surface area contributed by atoms with Gasteiger partial charge in [0.1, 0.15) is 11.8 Å². The Morgan fingerprint density at radius 2 is 1.95 bits per heavy atom. The van der Waals surface area contributed by atoms with Gasteiger partial charge in [0, 0.05) is 5.56 Å². The third-order valence-corrected chi connectivity index (χ3v) is 4.78. The van der Waals surface area contributed by atoms with Crippen molar-refractivity contribution in [2.75, 3.05) is 0 Å². The molecule has 0 aromatic heterocycles. The van der Waals surface area contributed by atoms with Gasteiger partial charge in [-0.1, -0.05) is 39.8 Å². The van der Waals surface area contributed by atoms with Gasteiger partial charge in [-0.3, -0.25) is 4.79 Å². The predicted octanol–water partition coefficient (Wildman–Crippen LogP) is 3.18. The smallest absolute Gasteiger partial charge is 0.311 e. The standard InChI is InChI=1S/C16H19NO3/c1-15(2)13(16(15,3)4)14(19)20-12(9-17)10-6-5-7-11(18)8-10/h5-8,12-13,18H,1-4H3. The number of aromatic hydroxyl groups is 1. The summed E-state index contributed by atoms with van der Waals surface area (Å²) in [5.41, 5.74) is 0.239. The highest BCUT2D eigenvalue weighted by atomic mass is 16.5. The molecule has 1 aromatic carbocycles. The second kappa shape index (κ2) is 4.52. The van der Waals surface area contributed by atoms with E-state index in [0.717, 1.165) is 0 Å². The van der Waals surface area contributed by atoms with Crippen molar-refractivity contribution >= 4 is 5.97 Å². The summed E-state index contributed by atoms with van der Waals surface area (Å²) < 4.78 is 5.32. The summed E-state index contributed by atoms with van der Waals surface area (Å²) in [5, 5.41) is 18.6. The van der Waals surface area contributed by atoms with E-state index in [-0.39, 0.29) is 28.5 Å². The molecule has 1 aromatic rings. The Morgan fingerprint density at radius 3 is 2.40 bits per heavy atom. The van der Waals surface area contributed by atoms with Crippen LogP contribution in [0.25, 0.3) is 0 Å². The maximum Gasteiger partial charge on any atom is 0.311 e. The number of carbonyl (C=O) groups is 1. The number of benzene rings is 1. The van der Waals surface area contributed by atoms with Crippen molar-refractivity contribution in [2.24, 2.45) is 16.7 Å². The number of phenols is 1. The van der Waals surface area contributed by atoms with Crippen LogP contribution >= 0.6 is 0 Å². The van der Waals surface area contributed by atoms with E-state index in [9.17, 15) is 15.2 Å². The zero-order chi connectivity index (χ0) is 15.1. The molecule has 0 saturated heterocycles. The largest absolute Gasteiger partial charge is 0.508 e. The summed E-state index contributed by atoms with van der Waals surface area (Å²) in [6, 6.07) is 8.18. The Kier molecular flexibility index (Phi) is 3.25. The van der Waals surface area contributed by atoms with Crippen LogP contribution in [0.3, 0.4) is 0 Å². The highest BCUT2D eigenvalue weighted by Crippen LogP contribution is 2.68. The molecule has 0 heterocycles. The Morgan fingerprint density at radius 1 is 1.35 bits per heavy atom. The lowest BCUT2D eigenvalue weighted by atomic mass is 10.0. The Hall–Kier alpha value is -2.02. The zero-order valence-electron chi connectivity index (χ0n) is 12.2. The van der Waals surface area contributed by atoms with Gasteiger partial charge < -0.3 is 9.84 Å². The van der Waals surface area contributed by atoms with Crippen LogP contribution in [0.5, 0.6) is 5.75 Å². The molecule has 1 saturated carbocycles. The Balaban J connectivity index is 2.13. The van der Waals surface area contributed by atoms with Gasteiger partial charge in [0.2, 0.25) is 6.10 Å². The first-order chi connectivity index (χ1) is 9.21. The molecule has 1 unspecified atom stereocenters. The van der Waals surface area contributed by atoms with Gasteiger partial charge >= 0.3 is 5.97 Å². The second-order valence-corrected chi connectivity index (χ2v) is 6.42. The Labute approximate surface area is 119 Å². The van der Waals surface area contributed by atoms with Crippen LogP contribution in [0.2, 0.25) is 0 Å². The van der Waals surface area contributed by atoms with Crippen LogP contribution in [0.4, 0.5) is 0 Å². The average Bonchev–Trinajstić information content (AvgIpc) is 2.76. The average molecular weight is 273 g/mol. The molecule has 2 rings (SSSR count). The monoisotopic (exact) mass is 273 g/mol. The third kappa shape index (κ3) is 2.14. The topological polar surface area (TPSA) is 70.3 Å². The van der Waals surface area contributed by atoms with Crippen LogP contribution in [-0.4, -0.2) is 11.1 Å². The molecule has 1 aliphatic rings. The van der Waals surface area contributed by atoms with Crippen molar-refractivity contribution in [3.05, 3.63) is 29.8 Å². The van der Waals surface area contributed by atoms with Crippen molar-refractivity contribution in [3.8, 4) is 11.8 Å². The van der Waals surface area contributed by atoms with E-state index in [1.807, 2.05) is 33.8 Å². The summed E-state index contributed by atoms with van der Waals surface area (Å²) in [6.07, 6.45) is -0.984.